The summed E-state index contributed by atoms with van der Waals surface area (Å²) < 4.78 is 10.1. The summed E-state index contributed by atoms with van der Waals surface area (Å²) in [4.78, 5) is 28.8. The lowest BCUT2D eigenvalue weighted by atomic mass is 10.2. The highest BCUT2D eigenvalue weighted by atomic mass is 32.2. The van der Waals surface area contributed by atoms with Gasteiger partial charge in [-0.05, 0) is 38.1 Å². The number of hydrogen-bond acceptors (Lipinski definition) is 7. The molecule has 0 bridgehead atoms. The van der Waals surface area contributed by atoms with E-state index in [1.807, 2.05) is 29.2 Å². The fourth-order valence-corrected chi connectivity index (χ4v) is 3.81. The van der Waals surface area contributed by atoms with E-state index in [1.165, 1.54) is 11.8 Å². The van der Waals surface area contributed by atoms with Gasteiger partial charge in [-0.25, -0.2) is 0 Å². The van der Waals surface area contributed by atoms with Gasteiger partial charge in [-0.15, -0.1) is 11.8 Å². The molecule has 2 amide bonds. The van der Waals surface area contributed by atoms with E-state index in [2.05, 4.69) is 15.4 Å². The van der Waals surface area contributed by atoms with E-state index in [1.54, 1.807) is 27.0 Å². The third-order valence-corrected chi connectivity index (χ3v) is 5.90. The monoisotopic (exact) mass is 418 g/mol. The van der Waals surface area contributed by atoms with Crippen molar-refractivity contribution in [2.24, 2.45) is 0 Å². The lowest BCUT2D eigenvalue weighted by Crippen LogP contribution is -2.49. The first-order valence-corrected chi connectivity index (χ1v) is 10.5. The third kappa shape index (κ3) is 5.66. The van der Waals surface area contributed by atoms with Gasteiger partial charge >= 0.3 is 0 Å². The zero-order chi connectivity index (χ0) is 20.8. The van der Waals surface area contributed by atoms with Crippen molar-refractivity contribution in [1.82, 2.24) is 10.1 Å². The Hall–Kier alpha value is -2.68. The highest BCUT2D eigenvalue weighted by Crippen LogP contribution is 2.21. The van der Waals surface area contributed by atoms with E-state index in [0.717, 1.165) is 24.5 Å². The lowest BCUT2D eigenvalue weighted by Gasteiger charge is -2.36. The Bertz CT molecular complexity index is 831. The molecule has 0 unspecified atom stereocenters. The smallest absolute Gasteiger partial charge is 0.238 e. The van der Waals surface area contributed by atoms with Crippen LogP contribution >= 0.6 is 11.8 Å². The van der Waals surface area contributed by atoms with Gasteiger partial charge in [0.25, 0.3) is 0 Å². The Balaban J connectivity index is 1.41. The Morgan fingerprint density at radius 2 is 1.93 bits per heavy atom. The van der Waals surface area contributed by atoms with Crippen LogP contribution in [0, 0.1) is 6.92 Å². The van der Waals surface area contributed by atoms with E-state index in [4.69, 9.17) is 9.26 Å². The molecule has 8 nitrogen and oxygen atoms in total. The van der Waals surface area contributed by atoms with Crippen LogP contribution in [0.3, 0.4) is 0 Å². The summed E-state index contributed by atoms with van der Waals surface area (Å²) in [6.07, 6.45) is 0. The number of carbonyl (C=O) groups is 2. The van der Waals surface area contributed by atoms with E-state index >= 15 is 0 Å². The largest absolute Gasteiger partial charge is 0.497 e. The molecule has 2 heterocycles. The van der Waals surface area contributed by atoms with Crippen molar-refractivity contribution < 1.29 is 18.8 Å². The highest BCUT2D eigenvalue weighted by Gasteiger charge is 2.23. The van der Waals surface area contributed by atoms with Crippen LogP contribution in [0.5, 0.6) is 5.75 Å². The van der Waals surface area contributed by atoms with Crippen molar-refractivity contribution in [3.63, 3.8) is 0 Å². The second-order valence-electron chi connectivity index (χ2n) is 6.83. The molecule has 156 valence electrons. The van der Waals surface area contributed by atoms with Crippen LogP contribution in [0.15, 0.2) is 34.9 Å². The Morgan fingerprint density at radius 1 is 1.24 bits per heavy atom. The normalized spacial score (nSPS) is 15.1. The summed E-state index contributed by atoms with van der Waals surface area (Å²) in [6, 6.07) is 9.60. The van der Waals surface area contributed by atoms with Crippen molar-refractivity contribution in [3.8, 4) is 5.75 Å². The number of aryl methyl sites for hydroxylation is 1. The molecule has 1 fully saturated rings. The van der Waals surface area contributed by atoms with Crippen LogP contribution in [0.2, 0.25) is 0 Å². The number of nitrogens with zero attached hydrogens (tertiary/aromatic N) is 3. The molecular formula is C20H26N4O4S. The number of methoxy groups -OCH3 is 1. The van der Waals surface area contributed by atoms with Gasteiger partial charge in [-0.1, -0.05) is 5.16 Å². The number of amides is 2. The number of ether oxygens (including phenoxy) is 1. The maximum atomic E-state index is 12.5. The molecule has 1 aliphatic heterocycles. The molecule has 1 aromatic heterocycles. The number of carbonyl (C=O) groups excluding carboxylic acids is 2. The van der Waals surface area contributed by atoms with E-state index in [9.17, 15) is 9.59 Å². The average molecular weight is 419 g/mol. The summed E-state index contributed by atoms with van der Waals surface area (Å²) >= 11 is 1.32. The molecule has 9 heteroatoms. The molecular weight excluding hydrogens is 392 g/mol. The Morgan fingerprint density at radius 3 is 2.52 bits per heavy atom. The van der Waals surface area contributed by atoms with Crippen molar-refractivity contribution in [1.29, 1.82) is 0 Å². The van der Waals surface area contributed by atoms with Crippen LogP contribution in [-0.2, 0) is 9.59 Å². The first-order valence-electron chi connectivity index (χ1n) is 9.49. The number of rotatable bonds is 7. The van der Waals surface area contributed by atoms with E-state index < -0.39 is 0 Å². The number of aromatic nitrogens is 1. The summed E-state index contributed by atoms with van der Waals surface area (Å²) in [7, 11) is 1.65. The van der Waals surface area contributed by atoms with Crippen molar-refractivity contribution in [2.45, 2.75) is 19.1 Å². The minimum absolute atomic E-state index is 0.0568. The molecule has 29 heavy (non-hydrogen) atoms. The number of benzene rings is 1. The summed E-state index contributed by atoms with van der Waals surface area (Å²) in [5.41, 5.74) is 1.13. The zero-order valence-corrected chi connectivity index (χ0v) is 17.7. The first kappa shape index (κ1) is 21.0. The maximum Gasteiger partial charge on any atom is 0.238 e. The SMILES string of the molecule is COc1ccc(N2CCN(C(=O)CS[C@H](C)C(=O)Nc3cc(C)on3)CC2)cc1. The quantitative estimate of drug-likeness (QED) is 0.739. The zero-order valence-electron chi connectivity index (χ0n) is 16.9. The predicted octanol–water partition coefficient (Wildman–Crippen LogP) is 2.40. The van der Waals surface area contributed by atoms with Crippen LogP contribution in [0.25, 0.3) is 0 Å². The van der Waals surface area contributed by atoms with E-state index in [0.29, 0.717) is 24.7 Å². The number of hydrogen-bond donors (Lipinski definition) is 1. The maximum absolute atomic E-state index is 12.5. The fourth-order valence-electron chi connectivity index (χ4n) is 3.02. The van der Waals surface area contributed by atoms with Gasteiger partial charge in [0.15, 0.2) is 5.82 Å². The molecule has 0 aliphatic carbocycles. The van der Waals surface area contributed by atoms with Crippen molar-refractivity contribution >= 4 is 35.1 Å². The van der Waals surface area contributed by atoms with Crippen LogP contribution in [-0.4, -0.2) is 66.2 Å². The molecule has 3 rings (SSSR count). The first-order chi connectivity index (χ1) is 14.0. The number of nitrogens with one attached hydrogen (secondary N) is 1. The summed E-state index contributed by atoms with van der Waals surface area (Å²) in [5, 5.41) is 6.07. The minimum Gasteiger partial charge on any atom is -0.497 e. The predicted molar refractivity (Wildman–Crippen MR) is 114 cm³/mol. The van der Waals surface area contributed by atoms with Gasteiger partial charge in [0.2, 0.25) is 11.8 Å². The molecule has 2 aromatic rings. The summed E-state index contributed by atoms with van der Waals surface area (Å²) in [5.74, 6) is 1.98. The second kappa shape index (κ2) is 9.69. The second-order valence-corrected chi connectivity index (χ2v) is 8.16. The van der Waals surface area contributed by atoms with Crippen molar-refractivity contribution in [3.05, 3.63) is 36.1 Å². The van der Waals surface area contributed by atoms with Gasteiger partial charge in [0.1, 0.15) is 11.5 Å². The fraction of sp³-hybridized carbons (Fsp3) is 0.450. The molecule has 0 radical (unpaired) electrons. The van der Waals surface area contributed by atoms with Gasteiger partial charge in [-0.3, -0.25) is 9.59 Å². The van der Waals surface area contributed by atoms with Gasteiger partial charge in [-0.2, -0.15) is 0 Å². The van der Waals surface area contributed by atoms with Gasteiger partial charge in [0, 0.05) is 37.9 Å². The number of piperazine rings is 1. The van der Waals surface area contributed by atoms with Crippen molar-refractivity contribution in [2.75, 3.05) is 49.3 Å². The van der Waals surface area contributed by atoms with Crippen LogP contribution in [0.4, 0.5) is 11.5 Å². The van der Waals surface area contributed by atoms with Crippen LogP contribution in [0.1, 0.15) is 12.7 Å². The molecule has 1 N–H and O–H groups in total. The standard InChI is InChI=1S/C20H26N4O4S/c1-14-12-18(22-28-14)21-20(26)15(2)29-13-19(25)24-10-8-23(9-11-24)16-4-6-17(27-3)7-5-16/h4-7,12,15H,8-11,13H2,1-3H3,(H,21,22,26)/t15-/m1/s1. The van der Waals surface area contributed by atoms with Gasteiger partial charge in [0.05, 0.1) is 18.1 Å². The highest BCUT2D eigenvalue weighted by molar-refractivity contribution is 8.01. The lowest BCUT2D eigenvalue weighted by molar-refractivity contribution is -0.128. The molecule has 1 aromatic carbocycles. The summed E-state index contributed by atoms with van der Waals surface area (Å²) in [6.45, 7) is 6.44. The minimum atomic E-state index is -0.364. The molecule has 0 saturated carbocycles. The topological polar surface area (TPSA) is 87.9 Å². The Kier molecular flexibility index (Phi) is 7.03. The third-order valence-electron chi connectivity index (χ3n) is 4.78. The average Bonchev–Trinajstić information content (AvgIpc) is 3.16. The Labute approximate surface area is 174 Å². The number of thioether (sulfide) groups is 1. The molecule has 0 spiro atoms. The van der Waals surface area contributed by atoms with Gasteiger partial charge < -0.3 is 24.4 Å². The molecule has 1 atom stereocenters. The molecule has 1 aliphatic rings. The van der Waals surface area contributed by atoms with Crippen LogP contribution < -0.4 is 15.0 Å². The van der Waals surface area contributed by atoms with E-state index in [-0.39, 0.29) is 22.8 Å². The number of anilines is 2. The molecule has 1 saturated heterocycles.